The van der Waals surface area contributed by atoms with E-state index in [0.717, 1.165) is 0 Å². The number of hydrogen-bond donors (Lipinski definition) is 2. The van der Waals surface area contributed by atoms with Gasteiger partial charge in [-0.15, -0.1) is 0 Å². The predicted octanol–water partition coefficient (Wildman–Crippen LogP) is -0.649. The Morgan fingerprint density at radius 3 is 1.50 bits per heavy atom. The second-order valence-electron chi connectivity index (χ2n) is 0.241. The van der Waals surface area contributed by atoms with Crippen molar-refractivity contribution in [2.75, 3.05) is 0 Å². The first-order valence-corrected chi connectivity index (χ1v) is 6.64. The minimum atomic E-state index is -2.38. The SMILES string of the molecule is O[As](O)Br. The first-order valence-electron chi connectivity index (χ1n) is 0.569. The van der Waals surface area contributed by atoms with E-state index in [1.807, 2.05) is 0 Å². The molecule has 0 rings (SSSR count). The van der Waals surface area contributed by atoms with E-state index in [1.54, 1.807) is 0 Å². The van der Waals surface area contributed by atoms with Crippen LogP contribution in [0, 0.1) is 0 Å². The van der Waals surface area contributed by atoms with Gasteiger partial charge in [-0.05, 0) is 0 Å². The molecule has 0 aliphatic carbocycles. The van der Waals surface area contributed by atoms with Crippen molar-refractivity contribution >= 4 is 27.4 Å². The van der Waals surface area contributed by atoms with Crippen LogP contribution in [0.5, 0.6) is 0 Å². The molecule has 0 fully saturated rings. The molecule has 2 N–H and O–H groups in total. The summed E-state index contributed by atoms with van der Waals surface area (Å²) in [6.45, 7) is 0. The molecule has 0 bridgehead atoms. The Bertz CT molecular complexity index is 10.8. The van der Waals surface area contributed by atoms with Crippen LogP contribution in [0.1, 0.15) is 0 Å². The van der Waals surface area contributed by atoms with Crippen LogP contribution in [-0.4, -0.2) is 21.7 Å². The maximum atomic E-state index is 7.67. The van der Waals surface area contributed by atoms with E-state index in [0.29, 0.717) is 0 Å². The molecule has 4 heteroatoms. The molecule has 0 aromatic heterocycles. The van der Waals surface area contributed by atoms with Crippen LogP contribution in [0.3, 0.4) is 0 Å². The summed E-state index contributed by atoms with van der Waals surface area (Å²) in [7, 11) is 0. The van der Waals surface area contributed by atoms with Gasteiger partial charge in [0.2, 0.25) is 0 Å². The van der Waals surface area contributed by atoms with E-state index in [2.05, 4.69) is 13.9 Å². The first kappa shape index (κ1) is 4.96. The summed E-state index contributed by atoms with van der Waals surface area (Å²) in [6, 6.07) is 0. The summed E-state index contributed by atoms with van der Waals surface area (Å²) in [6.07, 6.45) is 0. The molecule has 0 aliphatic rings. The second-order valence-corrected chi connectivity index (χ2v) is 4.55. The van der Waals surface area contributed by atoms with Crippen LogP contribution < -0.4 is 0 Å². The predicted molar refractivity (Wildman–Crippen MR) is 19.1 cm³/mol. The summed E-state index contributed by atoms with van der Waals surface area (Å²) in [5.74, 6) is 0. The van der Waals surface area contributed by atoms with Crippen LogP contribution in [-0.2, 0) is 0 Å². The van der Waals surface area contributed by atoms with E-state index in [4.69, 9.17) is 8.19 Å². The second kappa shape index (κ2) is 2.21. The summed E-state index contributed by atoms with van der Waals surface area (Å²) < 4.78 is 15.3. The number of halogens is 1. The van der Waals surface area contributed by atoms with E-state index < -0.39 is 13.5 Å². The number of hydrogen-bond acceptors (Lipinski definition) is 2. The molecule has 0 saturated carbocycles. The van der Waals surface area contributed by atoms with Crippen molar-refractivity contribution < 1.29 is 8.19 Å². The van der Waals surface area contributed by atoms with Gasteiger partial charge in [0.05, 0.1) is 0 Å². The van der Waals surface area contributed by atoms with Gasteiger partial charge in [-0.3, -0.25) is 0 Å². The van der Waals surface area contributed by atoms with E-state index in [9.17, 15) is 0 Å². The van der Waals surface area contributed by atoms with Crippen molar-refractivity contribution in [1.82, 2.24) is 0 Å². The third-order valence-corrected chi connectivity index (χ3v) is 0. The molecule has 2 nitrogen and oxygen atoms in total. The fraction of sp³-hybridized carbons (Fsp3) is 0. The summed E-state index contributed by atoms with van der Waals surface area (Å²) in [5, 5.41) is 0. The Kier molecular flexibility index (Phi) is 2.74. The van der Waals surface area contributed by atoms with Gasteiger partial charge in [-0.25, -0.2) is 0 Å². The zero-order chi connectivity index (χ0) is 3.58. The maximum absolute atomic E-state index is 7.67. The molecular weight excluding hydrogens is 187 g/mol. The molecule has 0 amide bonds. The molecule has 0 radical (unpaired) electrons. The molecule has 0 spiro atoms. The molecule has 0 heterocycles. The Morgan fingerprint density at radius 1 is 1.50 bits per heavy atom. The van der Waals surface area contributed by atoms with Crippen molar-refractivity contribution in [3.05, 3.63) is 0 Å². The first-order chi connectivity index (χ1) is 1.73. The molecule has 26 valence electrons. The molecule has 0 aromatic rings. The average molecular weight is 189 g/mol. The van der Waals surface area contributed by atoms with E-state index in [1.165, 1.54) is 0 Å². The van der Waals surface area contributed by atoms with E-state index >= 15 is 0 Å². The monoisotopic (exact) mass is 188 g/mol. The summed E-state index contributed by atoms with van der Waals surface area (Å²) in [5.41, 5.74) is 0. The van der Waals surface area contributed by atoms with Crippen LogP contribution in [0.15, 0.2) is 0 Å². The van der Waals surface area contributed by atoms with Crippen molar-refractivity contribution in [3.63, 3.8) is 0 Å². The summed E-state index contributed by atoms with van der Waals surface area (Å²) in [4.78, 5) is 0. The fourth-order valence-electron chi connectivity index (χ4n) is 0. The minimum absolute atomic E-state index is 2.38. The average Bonchev–Trinajstić information content (AvgIpc) is 0.811. The van der Waals surface area contributed by atoms with Crippen LogP contribution in [0.25, 0.3) is 0 Å². The van der Waals surface area contributed by atoms with Gasteiger partial charge in [0.25, 0.3) is 0 Å². The Hall–Kier alpha value is 0.958. The number of rotatable bonds is 0. The molecule has 0 atom stereocenters. The Labute approximate surface area is 36.0 Å². The van der Waals surface area contributed by atoms with E-state index in [-0.39, 0.29) is 0 Å². The molecule has 0 aliphatic heterocycles. The van der Waals surface area contributed by atoms with Gasteiger partial charge >= 0.3 is 35.6 Å². The van der Waals surface area contributed by atoms with Crippen LogP contribution in [0.2, 0.25) is 0 Å². The van der Waals surface area contributed by atoms with Crippen molar-refractivity contribution in [3.8, 4) is 0 Å². The molecule has 4 heavy (non-hydrogen) atoms. The van der Waals surface area contributed by atoms with Crippen LogP contribution >= 0.6 is 13.9 Å². The van der Waals surface area contributed by atoms with Crippen molar-refractivity contribution in [2.24, 2.45) is 0 Å². The Balaban J connectivity index is 2.32. The van der Waals surface area contributed by atoms with Crippen molar-refractivity contribution in [2.45, 2.75) is 0 Å². The molecule has 0 saturated heterocycles. The van der Waals surface area contributed by atoms with Gasteiger partial charge in [0.15, 0.2) is 0 Å². The van der Waals surface area contributed by atoms with Gasteiger partial charge in [-0.1, -0.05) is 0 Å². The summed E-state index contributed by atoms with van der Waals surface area (Å²) >= 11 is 0.153. The molecular formula is H2AsBrO2. The normalized spacial score (nSPS) is 9.00. The quantitative estimate of drug-likeness (QED) is 0.497. The van der Waals surface area contributed by atoms with Crippen LogP contribution in [0.4, 0.5) is 0 Å². The molecule has 0 unspecified atom stereocenters. The van der Waals surface area contributed by atoms with Gasteiger partial charge in [0.1, 0.15) is 0 Å². The Morgan fingerprint density at radius 2 is 1.50 bits per heavy atom. The third kappa shape index (κ3) is 12.4. The fourth-order valence-corrected chi connectivity index (χ4v) is 0. The molecule has 0 aromatic carbocycles. The third-order valence-electron chi connectivity index (χ3n) is 0. The van der Waals surface area contributed by atoms with Crippen molar-refractivity contribution in [1.29, 1.82) is 0 Å². The zero-order valence-corrected chi connectivity index (χ0v) is 5.18. The topological polar surface area (TPSA) is 40.5 Å². The zero-order valence-electron chi connectivity index (χ0n) is 1.72. The van der Waals surface area contributed by atoms with Gasteiger partial charge in [0, 0.05) is 0 Å². The van der Waals surface area contributed by atoms with Gasteiger partial charge in [-0.2, -0.15) is 0 Å². The van der Waals surface area contributed by atoms with Gasteiger partial charge < -0.3 is 0 Å². The standard InChI is InChI=1S/AsBrH2O2/c2-1(3)4/h3-4H.